The summed E-state index contributed by atoms with van der Waals surface area (Å²) in [6.07, 6.45) is 2.86. The van der Waals surface area contributed by atoms with Crippen molar-refractivity contribution in [2.75, 3.05) is 19.0 Å². The third kappa shape index (κ3) is 4.73. The molecule has 2 aromatic carbocycles. The van der Waals surface area contributed by atoms with E-state index in [4.69, 9.17) is 9.47 Å². The molecule has 1 heterocycles. The van der Waals surface area contributed by atoms with Gasteiger partial charge < -0.3 is 14.8 Å². The number of aromatic nitrogens is 2. The molecule has 0 fully saturated rings. The number of benzene rings is 2. The molecule has 0 unspecified atom stereocenters. The third-order valence-corrected chi connectivity index (χ3v) is 4.15. The quantitative estimate of drug-likeness (QED) is 0.618. The summed E-state index contributed by atoms with van der Waals surface area (Å²) in [6, 6.07) is 13.7. The first kappa shape index (κ1) is 19.9. The molecule has 0 spiro atoms. The first-order chi connectivity index (χ1) is 14.0. The summed E-state index contributed by atoms with van der Waals surface area (Å²) in [4.78, 5) is 37.2. The monoisotopic (exact) mass is 395 g/mol. The minimum absolute atomic E-state index is 0.282. The molecule has 29 heavy (non-hydrogen) atoms. The molecule has 150 valence electrons. The summed E-state index contributed by atoms with van der Waals surface area (Å²) in [6.45, 7) is 2.13. The zero-order chi connectivity index (χ0) is 20.8. The normalized spacial score (nSPS) is 10.4. The van der Waals surface area contributed by atoms with Crippen LogP contribution < -0.4 is 25.9 Å². The van der Waals surface area contributed by atoms with E-state index in [0.717, 1.165) is 4.57 Å². The second kappa shape index (κ2) is 8.92. The molecule has 8 heteroatoms. The van der Waals surface area contributed by atoms with Crippen molar-refractivity contribution in [1.29, 1.82) is 0 Å². The summed E-state index contributed by atoms with van der Waals surface area (Å²) >= 11 is 0. The van der Waals surface area contributed by atoms with Gasteiger partial charge in [-0.15, -0.1) is 0 Å². The molecule has 1 aromatic heterocycles. The molecular weight excluding hydrogens is 374 g/mol. The van der Waals surface area contributed by atoms with Crippen LogP contribution in [0.5, 0.6) is 11.5 Å². The standard InChI is InChI=1S/C21H21N3O5/c1-3-29-17-9-7-16(8-10-17)24-12-11-23(20(26)21(24)27)14-19(25)22-15-5-4-6-18(13-15)28-2/h4-13H,3,14H2,1-2H3,(H,22,25). The fraction of sp³-hybridized carbons (Fsp3) is 0.190. The summed E-state index contributed by atoms with van der Waals surface area (Å²) in [5, 5.41) is 2.67. The Balaban J connectivity index is 1.77. The smallest absolute Gasteiger partial charge is 0.320 e. The Morgan fingerprint density at radius 1 is 1.00 bits per heavy atom. The number of carbonyl (C=O) groups excluding carboxylic acids is 1. The molecule has 0 aliphatic rings. The van der Waals surface area contributed by atoms with Gasteiger partial charge in [-0.05, 0) is 43.3 Å². The van der Waals surface area contributed by atoms with Crippen LogP contribution in [-0.2, 0) is 11.3 Å². The fourth-order valence-corrected chi connectivity index (χ4v) is 2.76. The van der Waals surface area contributed by atoms with E-state index in [1.807, 2.05) is 6.92 Å². The van der Waals surface area contributed by atoms with Gasteiger partial charge in [-0.2, -0.15) is 0 Å². The van der Waals surface area contributed by atoms with Crippen LogP contribution in [0.3, 0.4) is 0 Å². The van der Waals surface area contributed by atoms with Crippen LogP contribution in [0.25, 0.3) is 5.69 Å². The van der Waals surface area contributed by atoms with Gasteiger partial charge in [0.05, 0.1) is 13.7 Å². The number of anilines is 1. The van der Waals surface area contributed by atoms with Crippen molar-refractivity contribution in [2.45, 2.75) is 13.5 Å². The highest BCUT2D eigenvalue weighted by Crippen LogP contribution is 2.16. The van der Waals surface area contributed by atoms with Gasteiger partial charge in [0, 0.05) is 29.8 Å². The molecule has 8 nitrogen and oxygen atoms in total. The molecule has 0 aliphatic heterocycles. The average molecular weight is 395 g/mol. The van der Waals surface area contributed by atoms with Crippen LogP contribution >= 0.6 is 0 Å². The van der Waals surface area contributed by atoms with Crippen molar-refractivity contribution in [3.8, 4) is 17.2 Å². The number of ether oxygens (including phenoxy) is 2. The average Bonchev–Trinajstić information content (AvgIpc) is 2.73. The van der Waals surface area contributed by atoms with Gasteiger partial charge in [0.1, 0.15) is 18.0 Å². The fourth-order valence-electron chi connectivity index (χ4n) is 2.76. The molecule has 0 saturated carbocycles. The molecular formula is C21H21N3O5. The first-order valence-electron chi connectivity index (χ1n) is 9.01. The second-order valence-corrected chi connectivity index (χ2v) is 6.11. The Labute approximate surface area is 166 Å². The SMILES string of the molecule is CCOc1ccc(-n2ccn(CC(=O)Nc3cccc(OC)c3)c(=O)c2=O)cc1. The van der Waals surface area contributed by atoms with E-state index >= 15 is 0 Å². The highest BCUT2D eigenvalue weighted by Gasteiger charge is 2.11. The van der Waals surface area contributed by atoms with Gasteiger partial charge in [0.2, 0.25) is 5.91 Å². The van der Waals surface area contributed by atoms with Crippen LogP contribution in [0, 0.1) is 0 Å². The highest BCUT2D eigenvalue weighted by atomic mass is 16.5. The summed E-state index contributed by atoms with van der Waals surface area (Å²) in [5.74, 6) is 0.836. The van der Waals surface area contributed by atoms with Gasteiger partial charge in [-0.1, -0.05) is 6.07 Å². The number of rotatable bonds is 7. The molecule has 0 aliphatic carbocycles. The number of hydrogen-bond donors (Lipinski definition) is 1. The molecule has 0 atom stereocenters. The number of methoxy groups -OCH3 is 1. The first-order valence-corrected chi connectivity index (χ1v) is 9.01. The van der Waals surface area contributed by atoms with Crippen LogP contribution in [0.15, 0.2) is 70.5 Å². The van der Waals surface area contributed by atoms with Crippen molar-refractivity contribution in [2.24, 2.45) is 0 Å². The van der Waals surface area contributed by atoms with E-state index in [1.165, 1.54) is 24.1 Å². The van der Waals surface area contributed by atoms with Gasteiger partial charge in [-0.25, -0.2) is 0 Å². The van der Waals surface area contributed by atoms with Gasteiger partial charge >= 0.3 is 11.1 Å². The van der Waals surface area contributed by atoms with Crippen LogP contribution in [0.4, 0.5) is 5.69 Å². The molecule has 0 saturated heterocycles. The number of hydrogen-bond acceptors (Lipinski definition) is 5. The summed E-state index contributed by atoms with van der Waals surface area (Å²) in [7, 11) is 1.53. The topological polar surface area (TPSA) is 91.6 Å². The maximum Gasteiger partial charge on any atom is 0.320 e. The van der Waals surface area contributed by atoms with Crippen molar-refractivity contribution in [3.05, 3.63) is 81.6 Å². The minimum Gasteiger partial charge on any atom is -0.497 e. The number of nitrogens with one attached hydrogen (secondary N) is 1. The van der Waals surface area contributed by atoms with Crippen molar-refractivity contribution < 1.29 is 14.3 Å². The Bertz CT molecular complexity index is 1120. The molecule has 0 bridgehead atoms. The van der Waals surface area contributed by atoms with E-state index in [-0.39, 0.29) is 6.54 Å². The molecule has 0 radical (unpaired) electrons. The van der Waals surface area contributed by atoms with Crippen molar-refractivity contribution in [3.63, 3.8) is 0 Å². The lowest BCUT2D eigenvalue weighted by Gasteiger charge is -2.11. The molecule has 3 aromatic rings. The minimum atomic E-state index is -0.790. The predicted molar refractivity (Wildman–Crippen MR) is 109 cm³/mol. The van der Waals surface area contributed by atoms with Crippen LogP contribution in [0.1, 0.15) is 6.92 Å². The van der Waals surface area contributed by atoms with Gasteiger partial charge in [0.15, 0.2) is 0 Å². The zero-order valence-corrected chi connectivity index (χ0v) is 16.1. The van der Waals surface area contributed by atoms with E-state index in [2.05, 4.69) is 5.32 Å². The van der Waals surface area contributed by atoms with Crippen LogP contribution in [-0.4, -0.2) is 28.8 Å². The highest BCUT2D eigenvalue weighted by molar-refractivity contribution is 5.90. The summed E-state index contributed by atoms with van der Waals surface area (Å²) in [5.41, 5.74) is -0.471. The van der Waals surface area contributed by atoms with E-state index < -0.39 is 17.0 Å². The van der Waals surface area contributed by atoms with E-state index in [9.17, 15) is 14.4 Å². The maximum atomic E-state index is 12.5. The Morgan fingerprint density at radius 2 is 1.76 bits per heavy atom. The van der Waals surface area contributed by atoms with E-state index in [1.54, 1.807) is 48.5 Å². The van der Waals surface area contributed by atoms with E-state index in [0.29, 0.717) is 29.5 Å². The molecule has 1 amide bonds. The van der Waals surface area contributed by atoms with Crippen molar-refractivity contribution in [1.82, 2.24) is 9.13 Å². The number of carbonyl (C=O) groups is 1. The predicted octanol–water partition coefficient (Wildman–Crippen LogP) is 2.05. The zero-order valence-electron chi connectivity index (χ0n) is 16.1. The lowest BCUT2D eigenvalue weighted by molar-refractivity contribution is -0.116. The van der Waals surface area contributed by atoms with Crippen LogP contribution in [0.2, 0.25) is 0 Å². The molecule has 3 rings (SSSR count). The number of amides is 1. The van der Waals surface area contributed by atoms with Gasteiger partial charge in [-0.3, -0.25) is 23.5 Å². The van der Waals surface area contributed by atoms with Gasteiger partial charge in [0.25, 0.3) is 0 Å². The number of nitrogens with zero attached hydrogens (tertiary/aromatic N) is 2. The summed E-state index contributed by atoms with van der Waals surface area (Å²) < 4.78 is 12.8. The van der Waals surface area contributed by atoms with Crippen molar-refractivity contribution >= 4 is 11.6 Å². The lowest BCUT2D eigenvalue weighted by Crippen LogP contribution is -2.41. The molecule has 1 N–H and O–H groups in total. The Morgan fingerprint density at radius 3 is 2.45 bits per heavy atom. The second-order valence-electron chi connectivity index (χ2n) is 6.11. The largest absolute Gasteiger partial charge is 0.497 e. The Hall–Kier alpha value is -3.81. The lowest BCUT2D eigenvalue weighted by atomic mass is 10.3. The third-order valence-electron chi connectivity index (χ3n) is 4.15. The maximum absolute atomic E-state index is 12.5. The Kier molecular flexibility index (Phi) is 6.13.